The minimum Gasteiger partial charge on any atom is -0.289 e. The van der Waals surface area contributed by atoms with E-state index in [1.807, 2.05) is 30.3 Å². The van der Waals surface area contributed by atoms with E-state index in [9.17, 15) is 4.79 Å². The third kappa shape index (κ3) is 0.867. The van der Waals surface area contributed by atoms with Crippen LogP contribution in [0.3, 0.4) is 0 Å². The summed E-state index contributed by atoms with van der Waals surface area (Å²) in [5, 5.41) is 1.90. The lowest BCUT2D eigenvalue weighted by Crippen LogP contribution is -1.94. The summed E-state index contributed by atoms with van der Waals surface area (Å²) in [5.74, 6) is 0. The fraction of sp³-hybridized carbons (Fsp3) is 0. The van der Waals surface area contributed by atoms with E-state index in [2.05, 4.69) is 12.2 Å². The largest absolute Gasteiger partial charge is 0.289 e. The summed E-state index contributed by atoms with van der Waals surface area (Å²) in [7, 11) is 0. The molecule has 1 aliphatic rings. The van der Waals surface area contributed by atoms with Gasteiger partial charge in [-0.25, -0.2) is 0 Å². The lowest BCUT2D eigenvalue weighted by Gasteiger charge is -1.94. The van der Waals surface area contributed by atoms with Crippen molar-refractivity contribution in [3.05, 3.63) is 57.7 Å². The maximum Gasteiger partial charge on any atom is 0.186 e. The molecule has 1 aliphatic carbocycles. The third-order valence-corrected chi connectivity index (χ3v) is 2.62. The van der Waals surface area contributed by atoms with Crippen LogP contribution in [0, 0.1) is 0 Å². The molecule has 0 aromatic heterocycles. The second kappa shape index (κ2) is 2.55. The Kier molecular flexibility index (Phi) is 1.37. The first-order valence-corrected chi connectivity index (χ1v) is 4.60. The maximum absolute atomic E-state index is 11.7. The fourth-order valence-corrected chi connectivity index (χ4v) is 1.97. The predicted molar refractivity (Wildman–Crippen MR) is 59.1 cm³/mol. The van der Waals surface area contributed by atoms with Crippen molar-refractivity contribution in [2.75, 3.05) is 0 Å². The van der Waals surface area contributed by atoms with Crippen molar-refractivity contribution < 1.29 is 0 Å². The molecule has 0 aliphatic heterocycles. The molecule has 0 bridgehead atoms. The van der Waals surface area contributed by atoms with Crippen LogP contribution < -0.4 is 5.43 Å². The number of hydrogen-bond donors (Lipinski definition) is 0. The van der Waals surface area contributed by atoms with Crippen LogP contribution >= 0.6 is 0 Å². The van der Waals surface area contributed by atoms with Crippen LogP contribution in [0.15, 0.2) is 41.2 Å². The van der Waals surface area contributed by atoms with Gasteiger partial charge in [0, 0.05) is 10.8 Å². The number of rotatable bonds is 0. The second-order valence-electron chi connectivity index (χ2n) is 3.45. The zero-order chi connectivity index (χ0) is 9.54. The van der Waals surface area contributed by atoms with Gasteiger partial charge in [0.05, 0.1) is 0 Å². The van der Waals surface area contributed by atoms with Gasteiger partial charge < -0.3 is 0 Å². The van der Waals surface area contributed by atoms with Gasteiger partial charge in [0.25, 0.3) is 0 Å². The zero-order valence-electron chi connectivity index (χ0n) is 7.53. The fourth-order valence-electron chi connectivity index (χ4n) is 1.97. The van der Waals surface area contributed by atoms with E-state index < -0.39 is 0 Å². The molecular formula is C13H8O. The van der Waals surface area contributed by atoms with Crippen molar-refractivity contribution in [1.82, 2.24) is 0 Å². The first kappa shape index (κ1) is 7.51. The standard InChI is InChI=1S/C13H8O/c14-12-6-2-4-10-8-7-9-3-1-5-11(12)13(9)10/h1-8H. The maximum atomic E-state index is 11.7. The Bertz CT molecular complexity index is 609. The first-order chi connectivity index (χ1) is 6.86. The van der Waals surface area contributed by atoms with Gasteiger partial charge in [-0.1, -0.05) is 42.5 Å². The first-order valence-electron chi connectivity index (χ1n) is 4.60. The van der Waals surface area contributed by atoms with Gasteiger partial charge >= 0.3 is 0 Å². The summed E-state index contributed by atoms with van der Waals surface area (Å²) in [6, 6.07) is 11.3. The quantitative estimate of drug-likeness (QED) is 0.519. The van der Waals surface area contributed by atoms with Gasteiger partial charge in [-0.2, -0.15) is 0 Å². The average Bonchev–Trinajstić information content (AvgIpc) is 2.53. The number of hydrogen-bond acceptors (Lipinski definition) is 1. The Morgan fingerprint density at radius 2 is 1.43 bits per heavy atom. The van der Waals surface area contributed by atoms with Crippen molar-refractivity contribution in [3.8, 4) is 0 Å². The predicted octanol–water partition coefficient (Wildman–Crippen LogP) is 2.68. The molecule has 0 N–H and O–H groups in total. The summed E-state index contributed by atoms with van der Waals surface area (Å²) in [4.78, 5) is 11.7. The van der Waals surface area contributed by atoms with E-state index in [1.54, 1.807) is 6.07 Å². The Hall–Kier alpha value is -1.89. The molecular weight excluding hydrogens is 172 g/mol. The Morgan fingerprint density at radius 1 is 0.786 bits per heavy atom. The van der Waals surface area contributed by atoms with Gasteiger partial charge in [0.2, 0.25) is 0 Å². The highest BCUT2D eigenvalue weighted by Gasteiger charge is 2.08. The lowest BCUT2D eigenvalue weighted by atomic mass is 10.1. The third-order valence-electron chi connectivity index (χ3n) is 2.62. The Balaban J connectivity index is 2.72. The highest BCUT2D eigenvalue weighted by molar-refractivity contribution is 6.04. The van der Waals surface area contributed by atoms with E-state index in [0.29, 0.717) is 0 Å². The molecule has 0 atom stereocenters. The van der Waals surface area contributed by atoms with Crippen LogP contribution in [0.4, 0.5) is 0 Å². The molecule has 0 fully saturated rings. The monoisotopic (exact) mass is 180 g/mol. The SMILES string of the molecule is O=c1cccc2c3c(cccc13)C=C2. The zero-order valence-corrected chi connectivity index (χ0v) is 7.53. The summed E-state index contributed by atoms with van der Waals surface area (Å²) in [6.45, 7) is 0. The highest BCUT2D eigenvalue weighted by Crippen LogP contribution is 2.28. The smallest absolute Gasteiger partial charge is 0.186 e. The molecule has 3 rings (SSSR count). The molecule has 66 valence electrons. The van der Waals surface area contributed by atoms with Gasteiger partial charge in [-0.05, 0) is 17.2 Å². The molecule has 2 aromatic rings. The second-order valence-corrected chi connectivity index (χ2v) is 3.45. The van der Waals surface area contributed by atoms with Crippen LogP contribution in [0.5, 0.6) is 0 Å². The van der Waals surface area contributed by atoms with Crippen LogP contribution in [0.2, 0.25) is 0 Å². The molecule has 0 heterocycles. The van der Waals surface area contributed by atoms with Crippen LogP contribution in [-0.2, 0) is 0 Å². The van der Waals surface area contributed by atoms with Crippen LogP contribution in [0.1, 0.15) is 11.1 Å². The van der Waals surface area contributed by atoms with Crippen molar-refractivity contribution in [1.29, 1.82) is 0 Å². The summed E-state index contributed by atoms with van der Waals surface area (Å²) in [5.41, 5.74) is 2.38. The molecule has 0 radical (unpaired) electrons. The van der Waals surface area contributed by atoms with Crippen LogP contribution in [-0.4, -0.2) is 0 Å². The Morgan fingerprint density at radius 3 is 2.14 bits per heavy atom. The van der Waals surface area contributed by atoms with Crippen LogP contribution in [0.25, 0.3) is 22.9 Å². The summed E-state index contributed by atoms with van der Waals surface area (Å²) >= 11 is 0. The topological polar surface area (TPSA) is 17.1 Å². The van der Waals surface area contributed by atoms with Crippen molar-refractivity contribution >= 4 is 22.9 Å². The summed E-state index contributed by atoms with van der Waals surface area (Å²) in [6.07, 6.45) is 4.11. The van der Waals surface area contributed by atoms with E-state index in [-0.39, 0.29) is 5.43 Å². The van der Waals surface area contributed by atoms with Crippen molar-refractivity contribution in [2.45, 2.75) is 0 Å². The lowest BCUT2D eigenvalue weighted by molar-refractivity contribution is 1.71. The molecule has 0 amide bonds. The van der Waals surface area contributed by atoms with Gasteiger partial charge in [-0.3, -0.25) is 4.79 Å². The molecule has 14 heavy (non-hydrogen) atoms. The van der Waals surface area contributed by atoms with Gasteiger partial charge in [-0.15, -0.1) is 0 Å². The molecule has 2 aromatic carbocycles. The Labute approximate surface area is 81.3 Å². The van der Waals surface area contributed by atoms with E-state index in [0.717, 1.165) is 21.9 Å². The van der Waals surface area contributed by atoms with E-state index in [1.165, 1.54) is 0 Å². The average molecular weight is 180 g/mol. The minimum absolute atomic E-state index is 0.0943. The molecule has 0 unspecified atom stereocenters. The number of benzene rings is 1. The van der Waals surface area contributed by atoms with E-state index >= 15 is 0 Å². The summed E-state index contributed by atoms with van der Waals surface area (Å²) < 4.78 is 0. The highest BCUT2D eigenvalue weighted by atomic mass is 16.1. The van der Waals surface area contributed by atoms with Crippen molar-refractivity contribution in [2.24, 2.45) is 0 Å². The molecule has 0 saturated carbocycles. The van der Waals surface area contributed by atoms with Gasteiger partial charge in [0.15, 0.2) is 5.43 Å². The molecule has 1 heteroatoms. The molecule has 0 saturated heterocycles. The normalized spacial score (nSPS) is 12.3. The van der Waals surface area contributed by atoms with Crippen molar-refractivity contribution in [3.63, 3.8) is 0 Å². The molecule has 0 spiro atoms. The van der Waals surface area contributed by atoms with E-state index in [4.69, 9.17) is 0 Å². The molecule has 1 nitrogen and oxygen atoms in total. The minimum atomic E-state index is 0.0943. The van der Waals surface area contributed by atoms with Gasteiger partial charge in [0.1, 0.15) is 0 Å².